The van der Waals surface area contributed by atoms with E-state index in [1.165, 1.54) is 0 Å². The van der Waals surface area contributed by atoms with Crippen molar-refractivity contribution in [2.75, 3.05) is 27.3 Å². The average Bonchev–Trinajstić information content (AvgIpc) is 2.71. The molecule has 0 fully saturated rings. The Morgan fingerprint density at radius 1 is 1.00 bits per heavy atom. The maximum atomic E-state index is 5.96. The summed E-state index contributed by atoms with van der Waals surface area (Å²) in [7, 11) is 3.35. The molecule has 152 valence electrons. The molecule has 0 radical (unpaired) electrons. The van der Waals surface area contributed by atoms with Crippen LogP contribution in [-0.4, -0.2) is 39.4 Å². The molecule has 0 aliphatic rings. The standard InChI is InChI=1S/C22H31N3O3/c1-5-23-22(25-15-18-9-6-7-10-19(18)16-26-3)24-14-17(2)28-21-12-8-11-20(13-21)27-4/h6-13,17H,5,14-16H2,1-4H3,(H2,23,24,25). The summed E-state index contributed by atoms with van der Waals surface area (Å²) in [5.41, 5.74) is 2.31. The van der Waals surface area contributed by atoms with Gasteiger partial charge in [-0.25, -0.2) is 4.99 Å². The fraction of sp³-hybridized carbons (Fsp3) is 0.409. The van der Waals surface area contributed by atoms with Gasteiger partial charge in [-0.05, 0) is 37.1 Å². The minimum atomic E-state index is -0.0308. The predicted molar refractivity (Wildman–Crippen MR) is 113 cm³/mol. The fourth-order valence-electron chi connectivity index (χ4n) is 2.70. The number of methoxy groups -OCH3 is 2. The van der Waals surface area contributed by atoms with Crippen molar-refractivity contribution in [2.24, 2.45) is 4.99 Å². The third kappa shape index (κ3) is 7.12. The van der Waals surface area contributed by atoms with Crippen molar-refractivity contribution in [3.05, 3.63) is 59.7 Å². The lowest BCUT2D eigenvalue weighted by molar-refractivity contribution is 0.184. The lowest BCUT2D eigenvalue weighted by Gasteiger charge is -2.18. The van der Waals surface area contributed by atoms with Crippen LogP contribution in [0.2, 0.25) is 0 Å². The van der Waals surface area contributed by atoms with Gasteiger partial charge in [0.1, 0.15) is 17.6 Å². The molecule has 0 aliphatic heterocycles. The molecule has 0 bridgehead atoms. The molecule has 28 heavy (non-hydrogen) atoms. The van der Waals surface area contributed by atoms with Crippen LogP contribution < -0.4 is 20.1 Å². The number of benzene rings is 2. The molecule has 2 aromatic rings. The number of nitrogens with zero attached hydrogens (tertiary/aromatic N) is 1. The first kappa shape index (κ1) is 21.6. The zero-order valence-corrected chi connectivity index (χ0v) is 17.2. The van der Waals surface area contributed by atoms with Gasteiger partial charge in [0.15, 0.2) is 5.96 Å². The number of hydrogen-bond donors (Lipinski definition) is 2. The smallest absolute Gasteiger partial charge is 0.191 e. The third-order valence-electron chi connectivity index (χ3n) is 4.11. The monoisotopic (exact) mass is 385 g/mol. The molecule has 6 nitrogen and oxygen atoms in total. The van der Waals surface area contributed by atoms with Crippen LogP contribution in [0.5, 0.6) is 11.5 Å². The van der Waals surface area contributed by atoms with Crippen molar-refractivity contribution in [3.63, 3.8) is 0 Å². The first-order valence-corrected chi connectivity index (χ1v) is 9.54. The van der Waals surface area contributed by atoms with E-state index in [4.69, 9.17) is 19.2 Å². The molecule has 0 saturated carbocycles. The average molecular weight is 386 g/mol. The van der Waals surface area contributed by atoms with Gasteiger partial charge in [0, 0.05) is 19.7 Å². The summed E-state index contributed by atoms with van der Waals surface area (Å²) in [6, 6.07) is 15.8. The summed E-state index contributed by atoms with van der Waals surface area (Å²) in [6.45, 7) is 6.65. The first-order valence-electron chi connectivity index (χ1n) is 9.54. The SMILES string of the molecule is CCNC(=NCc1ccccc1COC)NCC(C)Oc1cccc(OC)c1. The molecule has 1 atom stereocenters. The van der Waals surface area contributed by atoms with Gasteiger partial charge in [-0.1, -0.05) is 30.3 Å². The first-order chi connectivity index (χ1) is 13.7. The second-order valence-corrected chi connectivity index (χ2v) is 6.39. The van der Waals surface area contributed by atoms with Crippen molar-refractivity contribution in [1.29, 1.82) is 0 Å². The zero-order valence-electron chi connectivity index (χ0n) is 17.2. The molecule has 2 N–H and O–H groups in total. The third-order valence-corrected chi connectivity index (χ3v) is 4.11. The highest BCUT2D eigenvalue weighted by atomic mass is 16.5. The molecule has 1 unspecified atom stereocenters. The number of aliphatic imine (C=N–C) groups is 1. The number of hydrogen-bond acceptors (Lipinski definition) is 4. The molecule has 0 aliphatic carbocycles. The highest BCUT2D eigenvalue weighted by Gasteiger charge is 2.07. The Morgan fingerprint density at radius 2 is 1.75 bits per heavy atom. The second kappa shape index (κ2) is 11.9. The van der Waals surface area contributed by atoms with Gasteiger partial charge in [0.25, 0.3) is 0 Å². The van der Waals surface area contributed by atoms with Crippen LogP contribution in [0, 0.1) is 0 Å². The number of nitrogens with one attached hydrogen (secondary N) is 2. The van der Waals surface area contributed by atoms with E-state index in [1.807, 2.05) is 50.2 Å². The lowest BCUT2D eigenvalue weighted by atomic mass is 10.1. The summed E-state index contributed by atoms with van der Waals surface area (Å²) >= 11 is 0. The molecular weight excluding hydrogens is 354 g/mol. The Labute approximate surface area is 167 Å². The second-order valence-electron chi connectivity index (χ2n) is 6.39. The van der Waals surface area contributed by atoms with Gasteiger partial charge in [-0.2, -0.15) is 0 Å². The normalized spacial score (nSPS) is 12.4. The van der Waals surface area contributed by atoms with E-state index in [0.29, 0.717) is 19.7 Å². The van der Waals surface area contributed by atoms with Crippen LogP contribution in [-0.2, 0) is 17.9 Å². The van der Waals surface area contributed by atoms with Gasteiger partial charge >= 0.3 is 0 Å². The fourth-order valence-corrected chi connectivity index (χ4v) is 2.70. The van der Waals surface area contributed by atoms with Gasteiger partial charge in [0.05, 0.1) is 26.8 Å². The van der Waals surface area contributed by atoms with Crippen LogP contribution >= 0.6 is 0 Å². The van der Waals surface area contributed by atoms with Gasteiger partial charge in [-0.15, -0.1) is 0 Å². The Morgan fingerprint density at radius 3 is 2.46 bits per heavy atom. The maximum absolute atomic E-state index is 5.96. The van der Waals surface area contributed by atoms with E-state index in [2.05, 4.69) is 22.8 Å². The molecule has 0 heterocycles. The van der Waals surface area contributed by atoms with E-state index in [1.54, 1.807) is 14.2 Å². The Hall–Kier alpha value is -2.73. The Bertz CT molecular complexity index is 749. The summed E-state index contributed by atoms with van der Waals surface area (Å²) in [5.74, 6) is 2.32. The minimum absolute atomic E-state index is 0.0308. The number of rotatable bonds is 10. The highest BCUT2D eigenvalue weighted by molar-refractivity contribution is 5.79. The van der Waals surface area contributed by atoms with E-state index in [-0.39, 0.29) is 6.10 Å². The molecule has 2 aromatic carbocycles. The van der Waals surface area contributed by atoms with E-state index >= 15 is 0 Å². The van der Waals surface area contributed by atoms with E-state index in [9.17, 15) is 0 Å². The van der Waals surface area contributed by atoms with Crippen LogP contribution in [0.1, 0.15) is 25.0 Å². The molecule has 0 amide bonds. The Kier molecular flexibility index (Phi) is 9.15. The van der Waals surface area contributed by atoms with Crippen LogP contribution in [0.4, 0.5) is 0 Å². The topological polar surface area (TPSA) is 64.1 Å². The largest absolute Gasteiger partial charge is 0.497 e. The molecule has 0 spiro atoms. The van der Waals surface area contributed by atoms with Crippen molar-refractivity contribution in [2.45, 2.75) is 33.1 Å². The summed E-state index contributed by atoms with van der Waals surface area (Å²) in [6.07, 6.45) is -0.0308. The molecular formula is C22H31N3O3. The van der Waals surface area contributed by atoms with Gasteiger partial charge in [-0.3, -0.25) is 0 Å². The van der Waals surface area contributed by atoms with Crippen LogP contribution in [0.25, 0.3) is 0 Å². The molecule has 6 heteroatoms. The van der Waals surface area contributed by atoms with Crippen LogP contribution in [0.3, 0.4) is 0 Å². The van der Waals surface area contributed by atoms with Crippen molar-refractivity contribution in [1.82, 2.24) is 10.6 Å². The molecule has 2 rings (SSSR count). The highest BCUT2D eigenvalue weighted by Crippen LogP contribution is 2.19. The van der Waals surface area contributed by atoms with Crippen molar-refractivity contribution in [3.8, 4) is 11.5 Å². The van der Waals surface area contributed by atoms with Crippen molar-refractivity contribution >= 4 is 5.96 Å². The molecule has 0 saturated heterocycles. The van der Waals surface area contributed by atoms with Crippen LogP contribution in [0.15, 0.2) is 53.5 Å². The predicted octanol–water partition coefficient (Wildman–Crippen LogP) is 3.36. The Balaban J connectivity index is 1.93. The maximum Gasteiger partial charge on any atom is 0.191 e. The number of guanidine groups is 1. The summed E-state index contributed by atoms with van der Waals surface area (Å²) in [5, 5.41) is 6.62. The van der Waals surface area contributed by atoms with E-state index < -0.39 is 0 Å². The number of ether oxygens (including phenoxy) is 3. The van der Waals surface area contributed by atoms with Gasteiger partial charge < -0.3 is 24.8 Å². The quantitative estimate of drug-likeness (QED) is 0.485. The summed E-state index contributed by atoms with van der Waals surface area (Å²) < 4.78 is 16.5. The minimum Gasteiger partial charge on any atom is -0.497 e. The lowest BCUT2D eigenvalue weighted by Crippen LogP contribution is -2.41. The molecule has 0 aromatic heterocycles. The zero-order chi connectivity index (χ0) is 20.2. The van der Waals surface area contributed by atoms with Gasteiger partial charge in [0.2, 0.25) is 0 Å². The summed E-state index contributed by atoms with van der Waals surface area (Å²) in [4.78, 5) is 4.70. The van der Waals surface area contributed by atoms with E-state index in [0.717, 1.165) is 35.1 Å². The van der Waals surface area contributed by atoms with Crippen molar-refractivity contribution < 1.29 is 14.2 Å².